The fourth-order valence-electron chi connectivity index (χ4n) is 1.07. The zero-order valence-electron chi connectivity index (χ0n) is 7.03. The van der Waals surface area contributed by atoms with E-state index in [-0.39, 0.29) is 18.4 Å². The molecule has 0 unspecified atom stereocenters. The van der Waals surface area contributed by atoms with Crippen molar-refractivity contribution < 1.29 is 4.79 Å². The molecule has 0 bridgehead atoms. The smallest absolute Gasteiger partial charge is 0.219 e. The maximum Gasteiger partial charge on any atom is 0.219 e. The van der Waals surface area contributed by atoms with Crippen LogP contribution in [0.5, 0.6) is 0 Å². The third kappa shape index (κ3) is 3.16. The molecule has 1 aromatic carbocycles. The molecule has 0 saturated carbocycles. The lowest BCUT2D eigenvalue weighted by molar-refractivity contribution is -0.118. The van der Waals surface area contributed by atoms with E-state index in [0.717, 1.165) is 10.0 Å². The second-order valence-electron chi connectivity index (χ2n) is 2.83. The second kappa shape index (κ2) is 4.39. The first-order valence-electron chi connectivity index (χ1n) is 3.89. The van der Waals surface area contributed by atoms with E-state index in [9.17, 15) is 4.79 Å². The summed E-state index contributed by atoms with van der Waals surface area (Å²) in [7, 11) is 0. The summed E-state index contributed by atoms with van der Waals surface area (Å²) < 4.78 is 0.949. The molecule has 0 saturated heterocycles. The molecule has 0 aliphatic heterocycles. The lowest BCUT2D eigenvalue weighted by Gasteiger charge is -2.09. The number of carbonyl (C=O) groups excluding carboxylic acids is 1. The Morgan fingerprint density at radius 1 is 1.54 bits per heavy atom. The fraction of sp³-hybridized carbons (Fsp3) is 0.222. The first-order valence-corrected chi connectivity index (χ1v) is 4.68. The lowest BCUT2D eigenvalue weighted by atomic mass is 10.1. The molecule has 0 spiro atoms. The maximum absolute atomic E-state index is 10.6. The number of halogens is 1. The van der Waals surface area contributed by atoms with Crippen molar-refractivity contribution in [2.75, 3.05) is 0 Å². The van der Waals surface area contributed by atoms with Gasteiger partial charge in [-0.25, -0.2) is 0 Å². The first kappa shape index (κ1) is 10.2. The number of amides is 1. The van der Waals surface area contributed by atoms with Crippen LogP contribution in [0.25, 0.3) is 0 Å². The van der Waals surface area contributed by atoms with E-state index >= 15 is 0 Å². The van der Waals surface area contributed by atoms with E-state index in [1.165, 1.54) is 0 Å². The third-order valence-corrected chi connectivity index (χ3v) is 2.19. The normalized spacial score (nSPS) is 12.5. The molecule has 0 aromatic heterocycles. The molecule has 0 heterocycles. The minimum absolute atomic E-state index is 0.177. The molecule has 0 aliphatic carbocycles. The van der Waals surface area contributed by atoms with Gasteiger partial charge in [-0.15, -0.1) is 0 Å². The molecule has 4 heteroatoms. The van der Waals surface area contributed by atoms with Gasteiger partial charge in [0.15, 0.2) is 0 Å². The Hall–Kier alpha value is -0.870. The van der Waals surface area contributed by atoms with Crippen molar-refractivity contribution in [3.8, 4) is 0 Å². The molecule has 0 radical (unpaired) electrons. The molecule has 70 valence electrons. The number of benzene rings is 1. The van der Waals surface area contributed by atoms with Gasteiger partial charge in [0.05, 0.1) is 0 Å². The molecule has 13 heavy (non-hydrogen) atoms. The van der Waals surface area contributed by atoms with Gasteiger partial charge in [-0.05, 0) is 17.7 Å². The van der Waals surface area contributed by atoms with Gasteiger partial charge < -0.3 is 11.5 Å². The summed E-state index contributed by atoms with van der Waals surface area (Å²) in [5.74, 6) is -0.382. The minimum atomic E-state index is -0.382. The highest BCUT2D eigenvalue weighted by molar-refractivity contribution is 9.10. The van der Waals surface area contributed by atoms with Gasteiger partial charge in [0, 0.05) is 16.9 Å². The summed E-state index contributed by atoms with van der Waals surface area (Å²) in [6, 6.07) is 7.22. The largest absolute Gasteiger partial charge is 0.370 e. The third-order valence-electron chi connectivity index (χ3n) is 1.70. The fourth-order valence-corrected chi connectivity index (χ4v) is 1.49. The molecule has 0 aliphatic rings. The molecule has 3 nitrogen and oxygen atoms in total. The van der Waals surface area contributed by atoms with Gasteiger partial charge >= 0.3 is 0 Å². The molecule has 0 fully saturated rings. The van der Waals surface area contributed by atoms with Crippen LogP contribution in [0, 0.1) is 0 Å². The SMILES string of the molecule is NC(=O)C[C@H](N)c1cccc(Br)c1. The number of primary amides is 1. The van der Waals surface area contributed by atoms with Crippen molar-refractivity contribution in [2.45, 2.75) is 12.5 Å². The molecule has 4 N–H and O–H groups in total. The number of rotatable bonds is 3. The Morgan fingerprint density at radius 3 is 2.77 bits per heavy atom. The number of hydrogen-bond acceptors (Lipinski definition) is 2. The van der Waals surface area contributed by atoms with Crippen LogP contribution in [0.2, 0.25) is 0 Å². The number of carbonyl (C=O) groups is 1. The van der Waals surface area contributed by atoms with Crippen LogP contribution in [-0.4, -0.2) is 5.91 Å². The van der Waals surface area contributed by atoms with Gasteiger partial charge in [0.1, 0.15) is 0 Å². The number of hydrogen-bond donors (Lipinski definition) is 2. The summed E-state index contributed by atoms with van der Waals surface area (Å²) in [5, 5.41) is 0. The Bertz CT molecular complexity index is 314. The average molecular weight is 243 g/mol. The number of nitrogens with two attached hydrogens (primary N) is 2. The Morgan fingerprint density at radius 2 is 2.23 bits per heavy atom. The highest BCUT2D eigenvalue weighted by atomic mass is 79.9. The molecule has 1 rings (SSSR count). The van der Waals surface area contributed by atoms with Crippen LogP contribution in [0.4, 0.5) is 0 Å². The molecule has 1 aromatic rings. The predicted octanol–water partition coefficient (Wildman–Crippen LogP) is 1.32. The van der Waals surface area contributed by atoms with Crippen LogP contribution in [0.1, 0.15) is 18.0 Å². The summed E-state index contributed by atoms with van der Waals surface area (Å²) in [6.45, 7) is 0. The lowest BCUT2D eigenvalue weighted by Crippen LogP contribution is -2.20. The van der Waals surface area contributed by atoms with Crippen LogP contribution in [0.3, 0.4) is 0 Å². The van der Waals surface area contributed by atoms with E-state index < -0.39 is 0 Å². The molecule has 1 atom stereocenters. The van der Waals surface area contributed by atoms with E-state index in [1.54, 1.807) is 0 Å². The second-order valence-corrected chi connectivity index (χ2v) is 3.75. The van der Waals surface area contributed by atoms with Crippen LogP contribution in [0.15, 0.2) is 28.7 Å². The average Bonchev–Trinajstić information content (AvgIpc) is 2.03. The van der Waals surface area contributed by atoms with E-state index in [4.69, 9.17) is 11.5 Å². The van der Waals surface area contributed by atoms with Gasteiger partial charge in [0.25, 0.3) is 0 Å². The van der Waals surface area contributed by atoms with Crippen molar-refractivity contribution in [2.24, 2.45) is 11.5 Å². The summed E-state index contributed by atoms with van der Waals surface area (Å²) in [6.07, 6.45) is 0.177. The van der Waals surface area contributed by atoms with Crippen LogP contribution >= 0.6 is 15.9 Å². The quantitative estimate of drug-likeness (QED) is 0.840. The zero-order valence-corrected chi connectivity index (χ0v) is 8.62. The topological polar surface area (TPSA) is 69.1 Å². The Labute approximate surface area is 85.2 Å². The van der Waals surface area contributed by atoms with Crippen molar-refractivity contribution in [3.05, 3.63) is 34.3 Å². The Kier molecular flexibility index (Phi) is 3.45. The van der Waals surface area contributed by atoms with E-state index in [2.05, 4.69) is 15.9 Å². The first-order chi connectivity index (χ1) is 6.09. The van der Waals surface area contributed by atoms with Crippen LogP contribution < -0.4 is 11.5 Å². The van der Waals surface area contributed by atoms with Gasteiger partial charge in [-0.1, -0.05) is 28.1 Å². The summed E-state index contributed by atoms with van der Waals surface area (Å²) >= 11 is 3.32. The molecule has 1 amide bonds. The highest BCUT2D eigenvalue weighted by Gasteiger charge is 2.08. The van der Waals surface area contributed by atoms with Crippen molar-refractivity contribution in [3.63, 3.8) is 0 Å². The van der Waals surface area contributed by atoms with Crippen LogP contribution in [-0.2, 0) is 4.79 Å². The van der Waals surface area contributed by atoms with Crippen molar-refractivity contribution in [1.29, 1.82) is 0 Å². The summed E-state index contributed by atoms with van der Waals surface area (Å²) in [4.78, 5) is 10.6. The predicted molar refractivity (Wildman–Crippen MR) is 54.9 cm³/mol. The van der Waals surface area contributed by atoms with Gasteiger partial charge in [-0.3, -0.25) is 4.79 Å². The monoisotopic (exact) mass is 242 g/mol. The minimum Gasteiger partial charge on any atom is -0.370 e. The molecular weight excluding hydrogens is 232 g/mol. The Balaban J connectivity index is 2.76. The van der Waals surface area contributed by atoms with Crippen molar-refractivity contribution in [1.82, 2.24) is 0 Å². The summed E-state index contributed by atoms with van der Waals surface area (Å²) in [5.41, 5.74) is 11.7. The zero-order chi connectivity index (χ0) is 9.84. The molecular formula is C9H11BrN2O. The van der Waals surface area contributed by atoms with Crippen molar-refractivity contribution >= 4 is 21.8 Å². The van der Waals surface area contributed by atoms with Gasteiger partial charge in [0.2, 0.25) is 5.91 Å². The maximum atomic E-state index is 10.6. The van der Waals surface area contributed by atoms with E-state index in [1.807, 2.05) is 24.3 Å². The van der Waals surface area contributed by atoms with E-state index in [0.29, 0.717) is 0 Å². The standard InChI is InChI=1S/C9H11BrN2O/c10-7-3-1-2-6(4-7)8(11)5-9(12)13/h1-4,8H,5,11H2,(H2,12,13)/t8-/m0/s1. The highest BCUT2D eigenvalue weighted by Crippen LogP contribution is 2.18. The van der Waals surface area contributed by atoms with Gasteiger partial charge in [-0.2, -0.15) is 0 Å².